The van der Waals surface area contributed by atoms with Crippen LogP contribution < -0.4 is 0 Å². The van der Waals surface area contributed by atoms with Gasteiger partial charge in [-0.1, -0.05) is 0 Å². The van der Waals surface area contributed by atoms with E-state index in [2.05, 4.69) is 5.10 Å². The minimum Gasteiger partial charge on any atom is -0.504 e. The number of hydrogen-bond acceptors (Lipinski definition) is 2. The van der Waals surface area contributed by atoms with E-state index < -0.39 is 0 Å². The molecule has 2 aromatic rings. The van der Waals surface area contributed by atoms with Crippen molar-refractivity contribution < 1.29 is 9.50 Å². The Balaban J connectivity index is 2.86. The van der Waals surface area contributed by atoms with Crippen molar-refractivity contribution in [3.63, 3.8) is 0 Å². The molecule has 56 valence electrons. The van der Waals surface area contributed by atoms with Gasteiger partial charge in [-0.3, -0.25) is 0 Å². The van der Waals surface area contributed by atoms with Gasteiger partial charge in [0.25, 0.3) is 0 Å². The average Bonchev–Trinajstić information content (AvgIpc) is 2.32. The number of fused-ring (bicyclic) bond motifs is 1. The van der Waals surface area contributed by atoms with Crippen molar-refractivity contribution in [1.82, 2.24) is 9.61 Å². The van der Waals surface area contributed by atoms with Gasteiger partial charge in [-0.05, 0) is 12.1 Å². The van der Waals surface area contributed by atoms with Gasteiger partial charge in [0.2, 0.25) is 0 Å². The summed E-state index contributed by atoms with van der Waals surface area (Å²) in [6.07, 6.45) is 2.48. The highest BCUT2D eigenvalue weighted by Gasteiger charge is 2.00. The van der Waals surface area contributed by atoms with Crippen LogP contribution in [-0.4, -0.2) is 14.7 Å². The van der Waals surface area contributed by atoms with E-state index in [4.69, 9.17) is 5.11 Å². The average molecular weight is 152 g/mol. The van der Waals surface area contributed by atoms with Crippen molar-refractivity contribution in [2.24, 2.45) is 0 Å². The van der Waals surface area contributed by atoms with Crippen molar-refractivity contribution in [1.29, 1.82) is 0 Å². The molecule has 0 saturated carbocycles. The minimum atomic E-state index is -0.374. The van der Waals surface area contributed by atoms with Crippen LogP contribution in [0.4, 0.5) is 4.39 Å². The predicted molar refractivity (Wildman–Crippen MR) is 36.8 cm³/mol. The van der Waals surface area contributed by atoms with E-state index in [1.165, 1.54) is 29.0 Å². The Labute approximate surface area is 61.7 Å². The molecule has 11 heavy (non-hydrogen) atoms. The Hall–Kier alpha value is -1.58. The predicted octanol–water partition coefficient (Wildman–Crippen LogP) is 1.18. The molecule has 4 heteroatoms. The van der Waals surface area contributed by atoms with Crippen molar-refractivity contribution in [2.75, 3.05) is 0 Å². The maximum absolute atomic E-state index is 12.5. The molecule has 0 bridgehead atoms. The first-order valence-corrected chi connectivity index (χ1v) is 3.09. The maximum Gasteiger partial charge on any atom is 0.161 e. The number of aromatic hydroxyl groups is 1. The molecule has 3 nitrogen and oxygen atoms in total. The lowest BCUT2D eigenvalue weighted by Gasteiger charge is -1.91. The summed E-state index contributed by atoms with van der Waals surface area (Å²) in [6.45, 7) is 0. The number of aromatic nitrogens is 2. The summed E-state index contributed by atoms with van der Waals surface area (Å²) in [5.41, 5.74) is 0.506. The Kier molecular flexibility index (Phi) is 1.09. The number of pyridine rings is 1. The van der Waals surface area contributed by atoms with Gasteiger partial charge >= 0.3 is 0 Å². The number of hydrogen-bond donors (Lipinski definition) is 1. The Bertz CT molecular complexity index is 396. The van der Waals surface area contributed by atoms with Gasteiger partial charge in [-0.2, -0.15) is 5.10 Å². The van der Waals surface area contributed by atoms with Crippen molar-refractivity contribution in [2.45, 2.75) is 0 Å². The SMILES string of the molecule is Oc1cnn2cc(F)ccc12. The third-order valence-corrected chi connectivity index (χ3v) is 1.46. The van der Waals surface area contributed by atoms with Gasteiger partial charge in [-0.15, -0.1) is 0 Å². The van der Waals surface area contributed by atoms with Crippen LogP contribution in [0.25, 0.3) is 5.52 Å². The molecule has 0 atom stereocenters. The van der Waals surface area contributed by atoms with Gasteiger partial charge < -0.3 is 5.11 Å². The summed E-state index contributed by atoms with van der Waals surface area (Å²) < 4.78 is 13.8. The van der Waals surface area contributed by atoms with Gasteiger partial charge in [-0.25, -0.2) is 8.91 Å². The molecule has 2 aromatic heterocycles. The topological polar surface area (TPSA) is 37.5 Å². The summed E-state index contributed by atoms with van der Waals surface area (Å²) in [4.78, 5) is 0. The molecule has 0 unspecified atom stereocenters. The largest absolute Gasteiger partial charge is 0.504 e. The Morgan fingerprint density at radius 2 is 2.27 bits per heavy atom. The minimum absolute atomic E-state index is 0.0602. The highest BCUT2D eigenvalue weighted by atomic mass is 19.1. The highest BCUT2D eigenvalue weighted by molar-refractivity contribution is 5.57. The number of halogens is 1. The lowest BCUT2D eigenvalue weighted by atomic mass is 10.4. The molecule has 0 aliphatic heterocycles. The summed E-state index contributed by atoms with van der Waals surface area (Å²) in [7, 11) is 0. The van der Waals surface area contributed by atoms with Crippen LogP contribution in [0, 0.1) is 5.82 Å². The van der Waals surface area contributed by atoms with E-state index in [-0.39, 0.29) is 11.6 Å². The zero-order valence-electron chi connectivity index (χ0n) is 5.53. The highest BCUT2D eigenvalue weighted by Crippen LogP contribution is 2.16. The van der Waals surface area contributed by atoms with Crippen molar-refractivity contribution >= 4 is 5.52 Å². The molecule has 0 aliphatic rings. The van der Waals surface area contributed by atoms with E-state index in [0.29, 0.717) is 5.52 Å². The second-order valence-corrected chi connectivity index (χ2v) is 2.21. The molecule has 1 N–H and O–H groups in total. The lowest BCUT2D eigenvalue weighted by molar-refractivity contribution is 0.481. The quantitative estimate of drug-likeness (QED) is 0.615. The van der Waals surface area contributed by atoms with Crippen molar-refractivity contribution in [3.05, 3.63) is 30.3 Å². The van der Waals surface area contributed by atoms with Crippen LogP contribution >= 0.6 is 0 Å². The van der Waals surface area contributed by atoms with Crippen LogP contribution in [0.2, 0.25) is 0 Å². The van der Waals surface area contributed by atoms with E-state index in [1.807, 2.05) is 0 Å². The number of rotatable bonds is 0. The molecule has 0 aliphatic carbocycles. The van der Waals surface area contributed by atoms with Crippen LogP contribution in [0.5, 0.6) is 5.75 Å². The van der Waals surface area contributed by atoms with Crippen LogP contribution in [0.3, 0.4) is 0 Å². The molecule has 0 spiro atoms. The smallest absolute Gasteiger partial charge is 0.161 e. The third-order valence-electron chi connectivity index (χ3n) is 1.46. The van der Waals surface area contributed by atoms with Gasteiger partial charge in [0.05, 0.1) is 12.4 Å². The monoisotopic (exact) mass is 152 g/mol. The third kappa shape index (κ3) is 0.832. The molecule has 0 fully saturated rings. The zero-order valence-corrected chi connectivity index (χ0v) is 5.53. The molecule has 0 radical (unpaired) electrons. The van der Waals surface area contributed by atoms with E-state index in [0.717, 1.165) is 0 Å². The summed E-state index contributed by atoms with van der Waals surface area (Å²) in [5.74, 6) is -0.314. The first kappa shape index (κ1) is 6.15. The fourth-order valence-electron chi connectivity index (χ4n) is 0.946. The van der Waals surface area contributed by atoms with Crippen molar-refractivity contribution in [3.8, 4) is 5.75 Å². The molecule has 0 saturated heterocycles. The standard InChI is InChI=1S/C7H5FN2O/c8-5-1-2-6-7(11)3-9-10(6)4-5/h1-4,11H. The number of nitrogens with zero attached hydrogens (tertiary/aromatic N) is 2. The Morgan fingerprint density at radius 1 is 1.45 bits per heavy atom. The first-order valence-electron chi connectivity index (χ1n) is 3.09. The summed E-state index contributed by atoms with van der Waals surface area (Å²) in [5, 5.41) is 12.8. The lowest BCUT2D eigenvalue weighted by Crippen LogP contribution is -1.86. The van der Waals surface area contributed by atoms with Crippen LogP contribution in [-0.2, 0) is 0 Å². The second-order valence-electron chi connectivity index (χ2n) is 2.21. The van der Waals surface area contributed by atoms with Crippen LogP contribution in [0.1, 0.15) is 0 Å². The van der Waals surface area contributed by atoms with Gasteiger partial charge in [0.15, 0.2) is 5.75 Å². The fourth-order valence-corrected chi connectivity index (χ4v) is 0.946. The van der Waals surface area contributed by atoms with Crippen LogP contribution in [0.15, 0.2) is 24.5 Å². The molecule has 0 amide bonds. The van der Waals surface area contributed by atoms with E-state index >= 15 is 0 Å². The first-order chi connectivity index (χ1) is 5.27. The fraction of sp³-hybridized carbons (Fsp3) is 0. The molecule has 2 rings (SSSR count). The molecular formula is C7H5FN2O. The van der Waals surface area contributed by atoms with E-state index in [1.54, 1.807) is 0 Å². The molecule has 2 heterocycles. The molecular weight excluding hydrogens is 147 g/mol. The Morgan fingerprint density at radius 3 is 3.09 bits per heavy atom. The van der Waals surface area contributed by atoms with E-state index in [9.17, 15) is 4.39 Å². The second kappa shape index (κ2) is 1.95. The molecule has 0 aromatic carbocycles. The zero-order chi connectivity index (χ0) is 7.84. The summed E-state index contributed by atoms with van der Waals surface area (Å²) >= 11 is 0. The summed E-state index contributed by atoms with van der Waals surface area (Å²) in [6, 6.07) is 2.74. The maximum atomic E-state index is 12.5. The van der Waals surface area contributed by atoms with Gasteiger partial charge in [0.1, 0.15) is 11.3 Å². The van der Waals surface area contributed by atoms with Gasteiger partial charge in [0, 0.05) is 0 Å². The normalized spacial score (nSPS) is 10.6.